The maximum absolute atomic E-state index is 11.4. The van der Waals surface area contributed by atoms with Gasteiger partial charge in [-0.15, -0.1) is 0 Å². The van der Waals surface area contributed by atoms with Gasteiger partial charge in [0.2, 0.25) is 0 Å². The van der Waals surface area contributed by atoms with Gasteiger partial charge >= 0.3 is 12.1 Å². The molecule has 1 N–H and O–H groups in total. The molecule has 1 aliphatic heterocycles. The average molecular weight is 235 g/mol. The zero-order valence-electron chi connectivity index (χ0n) is 9.20. The molecule has 1 fully saturated rings. The molecule has 0 saturated carbocycles. The number of rotatable bonds is 3. The molecule has 17 heavy (non-hydrogen) atoms. The minimum absolute atomic E-state index is 0.204. The summed E-state index contributed by atoms with van der Waals surface area (Å²) in [7, 11) is 0. The van der Waals surface area contributed by atoms with Crippen molar-refractivity contribution in [3.63, 3.8) is 0 Å². The van der Waals surface area contributed by atoms with E-state index in [4.69, 9.17) is 9.84 Å². The third kappa shape index (κ3) is 2.55. The number of hydrogen-bond donors (Lipinski definition) is 1. The minimum Gasteiger partial charge on any atom is -0.465 e. The lowest BCUT2D eigenvalue weighted by molar-refractivity contribution is -0.142. The number of ether oxygens (including phenoxy) is 1. The van der Waals surface area contributed by atoms with Gasteiger partial charge in [-0.1, -0.05) is 30.3 Å². The SMILES string of the molecule is O=C1OCC[C@@H]1N(Cc1ccccc1)C(=O)O. The number of esters is 1. The first-order valence-corrected chi connectivity index (χ1v) is 5.38. The maximum Gasteiger partial charge on any atom is 0.408 e. The Morgan fingerprint density at radius 1 is 1.41 bits per heavy atom. The van der Waals surface area contributed by atoms with Crippen LogP contribution >= 0.6 is 0 Å². The molecule has 1 amide bonds. The van der Waals surface area contributed by atoms with Crippen molar-refractivity contribution in [1.29, 1.82) is 0 Å². The van der Waals surface area contributed by atoms with Crippen LogP contribution in [0.2, 0.25) is 0 Å². The quantitative estimate of drug-likeness (QED) is 0.806. The zero-order chi connectivity index (χ0) is 12.3. The summed E-state index contributed by atoms with van der Waals surface area (Å²) in [5.74, 6) is -0.455. The molecule has 5 heteroatoms. The summed E-state index contributed by atoms with van der Waals surface area (Å²) in [5.41, 5.74) is 0.856. The summed E-state index contributed by atoms with van der Waals surface area (Å²) < 4.78 is 4.79. The van der Waals surface area contributed by atoms with E-state index in [1.165, 1.54) is 0 Å². The Balaban J connectivity index is 2.13. The van der Waals surface area contributed by atoms with E-state index in [9.17, 15) is 9.59 Å². The van der Waals surface area contributed by atoms with E-state index < -0.39 is 18.1 Å². The van der Waals surface area contributed by atoms with E-state index in [2.05, 4.69) is 0 Å². The lowest BCUT2D eigenvalue weighted by Crippen LogP contribution is -2.41. The van der Waals surface area contributed by atoms with Crippen LogP contribution in [0.3, 0.4) is 0 Å². The molecule has 1 aliphatic rings. The van der Waals surface area contributed by atoms with Gasteiger partial charge in [-0.25, -0.2) is 9.59 Å². The van der Waals surface area contributed by atoms with Crippen LogP contribution in [0.15, 0.2) is 30.3 Å². The van der Waals surface area contributed by atoms with E-state index in [1.807, 2.05) is 30.3 Å². The van der Waals surface area contributed by atoms with Crippen molar-refractivity contribution in [3.05, 3.63) is 35.9 Å². The van der Waals surface area contributed by atoms with Crippen molar-refractivity contribution < 1.29 is 19.4 Å². The van der Waals surface area contributed by atoms with Crippen molar-refractivity contribution in [3.8, 4) is 0 Å². The number of cyclic esters (lactones) is 1. The van der Waals surface area contributed by atoms with Crippen LogP contribution in [0.25, 0.3) is 0 Å². The molecular formula is C12H13NO4. The molecule has 1 aromatic carbocycles. The summed E-state index contributed by atoms with van der Waals surface area (Å²) in [6.45, 7) is 0.498. The van der Waals surface area contributed by atoms with Gasteiger partial charge < -0.3 is 9.84 Å². The largest absolute Gasteiger partial charge is 0.465 e. The number of carbonyl (C=O) groups excluding carboxylic acids is 1. The highest BCUT2D eigenvalue weighted by molar-refractivity contribution is 5.82. The van der Waals surface area contributed by atoms with Gasteiger partial charge in [0.25, 0.3) is 0 Å². The Labute approximate surface area is 98.6 Å². The Hall–Kier alpha value is -2.04. The lowest BCUT2D eigenvalue weighted by atomic mass is 10.1. The molecule has 0 spiro atoms. The summed E-state index contributed by atoms with van der Waals surface area (Å²) in [4.78, 5) is 23.7. The van der Waals surface area contributed by atoms with Crippen LogP contribution in [0.4, 0.5) is 4.79 Å². The van der Waals surface area contributed by atoms with E-state index in [1.54, 1.807) is 0 Å². The van der Waals surface area contributed by atoms with Gasteiger partial charge in [0.1, 0.15) is 6.04 Å². The van der Waals surface area contributed by atoms with Crippen LogP contribution in [0, 0.1) is 0 Å². The third-order valence-electron chi connectivity index (χ3n) is 2.73. The topological polar surface area (TPSA) is 66.8 Å². The number of nitrogens with zero attached hydrogens (tertiary/aromatic N) is 1. The maximum atomic E-state index is 11.4. The van der Waals surface area contributed by atoms with Crippen molar-refractivity contribution in [1.82, 2.24) is 4.90 Å². The summed E-state index contributed by atoms with van der Waals surface area (Å²) in [5, 5.41) is 9.13. The molecule has 0 radical (unpaired) electrons. The van der Waals surface area contributed by atoms with E-state index >= 15 is 0 Å². The first kappa shape index (κ1) is 11.4. The number of carboxylic acid groups (broad SMARTS) is 1. The fourth-order valence-corrected chi connectivity index (χ4v) is 1.86. The average Bonchev–Trinajstić information content (AvgIpc) is 2.73. The molecule has 0 aromatic heterocycles. The van der Waals surface area contributed by atoms with Gasteiger partial charge in [-0.2, -0.15) is 0 Å². The highest BCUT2D eigenvalue weighted by atomic mass is 16.5. The number of hydrogen-bond acceptors (Lipinski definition) is 3. The summed E-state index contributed by atoms with van der Waals surface area (Å²) in [6.07, 6.45) is -0.671. The molecule has 0 aliphatic carbocycles. The van der Waals surface area contributed by atoms with E-state index in [-0.39, 0.29) is 6.54 Å². The van der Waals surface area contributed by atoms with E-state index in [0.29, 0.717) is 13.0 Å². The van der Waals surface area contributed by atoms with Crippen molar-refractivity contribution in [2.75, 3.05) is 6.61 Å². The molecule has 1 saturated heterocycles. The smallest absolute Gasteiger partial charge is 0.408 e. The molecule has 0 bridgehead atoms. The normalized spacial score (nSPS) is 18.8. The summed E-state index contributed by atoms with van der Waals surface area (Å²) in [6, 6.07) is 8.52. The van der Waals surface area contributed by atoms with Crippen LogP contribution in [-0.2, 0) is 16.1 Å². The second kappa shape index (κ2) is 4.86. The van der Waals surface area contributed by atoms with Crippen LogP contribution in [0.5, 0.6) is 0 Å². The first-order valence-electron chi connectivity index (χ1n) is 5.38. The highest BCUT2D eigenvalue weighted by Gasteiger charge is 2.35. The van der Waals surface area contributed by atoms with E-state index in [0.717, 1.165) is 10.5 Å². The predicted octanol–water partition coefficient (Wildman–Crippen LogP) is 1.48. The number of amides is 1. The fourth-order valence-electron chi connectivity index (χ4n) is 1.86. The van der Waals surface area contributed by atoms with Crippen LogP contribution in [0.1, 0.15) is 12.0 Å². The Bertz CT molecular complexity index is 418. The molecule has 2 rings (SSSR count). The second-order valence-electron chi connectivity index (χ2n) is 3.87. The molecule has 0 unspecified atom stereocenters. The standard InChI is InChI=1S/C12H13NO4/c14-11-10(6-7-17-11)13(12(15)16)8-9-4-2-1-3-5-9/h1-5,10H,6-8H2,(H,15,16)/t10-/m0/s1. The Morgan fingerprint density at radius 2 is 2.12 bits per heavy atom. The summed E-state index contributed by atoms with van der Waals surface area (Å²) >= 11 is 0. The van der Waals surface area contributed by atoms with Crippen LogP contribution in [-0.4, -0.2) is 34.7 Å². The monoisotopic (exact) mass is 235 g/mol. The molecular weight excluding hydrogens is 222 g/mol. The third-order valence-corrected chi connectivity index (χ3v) is 2.73. The highest BCUT2D eigenvalue weighted by Crippen LogP contribution is 2.17. The number of benzene rings is 1. The predicted molar refractivity (Wildman–Crippen MR) is 59.4 cm³/mol. The minimum atomic E-state index is -1.10. The molecule has 5 nitrogen and oxygen atoms in total. The van der Waals surface area contributed by atoms with Crippen molar-refractivity contribution in [2.24, 2.45) is 0 Å². The molecule has 1 heterocycles. The molecule has 1 aromatic rings. The number of carbonyl (C=O) groups is 2. The zero-order valence-corrected chi connectivity index (χ0v) is 9.20. The molecule has 1 atom stereocenters. The van der Waals surface area contributed by atoms with Gasteiger partial charge in [-0.05, 0) is 5.56 Å². The van der Waals surface area contributed by atoms with Gasteiger partial charge in [0.05, 0.1) is 6.61 Å². The van der Waals surface area contributed by atoms with Crippen LogP contribution < -0.4 is 0 Å². The first-order chi connectivity index (χ1) is 8.18. The fraction of sp³-hybridized carbons (Fsp3) is 0.333. The van der Waals surface area contributed by atoms with Gasteiger partial charge in [-0.3, -0.25) is 4.90 Å². The Morgan fingerprint density at radius 3 is 2.65 bits per heavy atom. The lowest BCUT2D eigenvalue weighted by Gasteiger charge is -2.23. The second-order valence-corrected chi connectivity index (χ2v) is 3.87. The van der Waals surface area contributed by atoms with Gasteiger partial charge in [0.15, 0.2) is 0 Å². The Kier molecular flexibility index (Phi) is 3.27. The van der Waals surface area contributed by atoms with Gasteiger partial charge in [0, 0.05) is 13.0 Å². The molecule has 90 valence electrons. The van der Waals surface area contributed by atoms with Crippen molar-refractivity contribution >= 4 is 12.1 Å². The van der Waals surface area contributed by atoms with Crippen molar-refractivity contribution in [2.45, 2.75) is 19.0 Å².